The third kappa shape index (κ3) is 4.38. The number of rotatable bonds is 6. The molecule has 2 unspecified atom stereocenters. The van der Waals surface area contributed by atoms with E-state index in [2.05, 4.69) is 58.9 Å². The molecule has 2 N–H and O–H groups in total. The van der Waals surface area contributed by atoms with Crippen molar-refractivity contribution in [3.05, 3.63) is 41.3 Å². The minimum atomic E-state index is -0.221. The zero-order valence-electron chi connectivity index (χ0n) is 12.7. The van der Waals surface area contributed by atoms with Crippen LogP contribution < -0.4 is 5.73 Å². The lowest BCUT2D eigenvalue weighted by molar-refractivity contribution is -0.118. The van der Waals surface area contributed by atoms with Gasteiger partial charge in [0.05, 0.1) is 0 Å². The van der Waals surface area contributed by atoms with Gasteiger partial charge in [0.25, 0.3) is 0 Å². The normalized spacial score (nSPS) is 14.7. The lowest BCUT2D eigenvalue weighted by atomic mass is 9.72. The molecule has 0 aliphatic heterocycles. The molecule has 0 saturated carbocycles. The molecule has 1 aromatic rings. The fourth-order valence-corrected chi connectivity index (χ4v) is 2.96. The van der Waals surface area contributed by atoms with Crippen molar-refractivity contribution >= 4 is 5.91 Å². The van der Waals surface area contributed by atoms with Crippen molar-refractivity contribution < 1.29 is 4.79 Å². The Kier molecular flexibility index (Phi) is 5.59. The molecule has 105 valence electrons. The number of amides is 1. The Bertz CT molecular complexity index is 408. The summed E-state index contributed by atoms with van der Waals surface area (Å²) >= 11 is 0. The van der Waals surface area contributed by atoms with Crippen LogP contribution in [0.15, 0.2) is 24.3 Å². The van der Waals surface area contributed by atoms with E-state index in [1.54, 1.807) is 0 Å². The number of carbonyl (C=O) groups is 1. The number of carbonyl (C=O) groups excluding carboxylic acids is 1. The zero-order chi connectivity index (χ0) is 14.6. The first-order valence-electron chi connectivity index (χ1n) is 7.04. The molecule has 0 aliphatic carbocycles. The average molecular weight is 260 g/mol. The Morgan fingerprint density at radius 1 is 1.11 bits per heavy atom. The number of nitrogens with two attached hydrogens (primary N) is 1. The molecule has 2 heteroatoms. The predicted octanol–water partition coefficient (Wildman–Crippen LogP) is 3.84. The summed E-state index contributed by atoms with van der Waals surface area (Å²) in [6.45, 7) is 10.8. The van der Waals surface area contributed by atoms with Gasteiger partial charge in [-0.25, -0.2) is 0 Å². The van der Waals surface area contributed by atoms with Gasteiger partial charge >= 0.3 is 0 Å². The Hall–Kier alpha value is -1.31. The van der Waals surface area contributed by atoms with Crippen LogP contribution in [0.5, 0.6) is 0 Å². The monoisotopic (exact) mass is 260 g/mol. The van der Waals surface area contributed by atoms with Crippen molar-refractivity contribution in [1.82, 2.24) is 0 Å². The zero-order valence-corrected chi connectivity index (χ0v) is 12.7. The van der Waals surface area contributed by atoms with Crippen LogP contribution in [0.25, 0.3) is 0 Å². The molecular formula is C17H26NO. The summed E-state index contributed by atoms with van der Waals surface area (Å²) in [5.74, 6) is 2.22. The predicted molar refractivity (Wildman–Crippen MR) is 80.7 cm³/mol. The van der Waals surface area contributed by atoms with E-state index in [1.165, 1.54) is 17.0 Å². The van der Waals surface area contributed by atoms with Crippen molar-refractivity contribution in [2.45, 2.75) is 47.0 Å². The van der Waals surface area contributed by atoms with Gasteiger partial charge in [-0.3, -0.25) is 4.79 Å². The van der Waals surface area contributed by atoms with Gasteiger partial charge in [0, 0.05) is 6.42 Å². The van der Waals surface area contributed by atoms with Crippen LogP contribution in [0, 0.1) is 24.7 Å². The second-order valence-corrected chi connectivity index (χ2v) is 5.86. The number of primary amides is 1. The van der Waals surface area contributed by atoms with Crippen LogP contribution in [0.4, 0.5) is 0 Å². The Labute approximate surface area is 117 Å². The molecule has 1 aromatic carbocycles. The van der Waals surface area contributed by atoms with E-state index in [9.17, 15) is 4.79 Å². The highest BCUT2D eigenvalue weighted by Gasteiger charge is 2.29. The van der Waals surface area contributed by atoms with E-state index in [1.807, 2.05) is 0 Å². The summed E-state index contributed by atoms with van der Waals surface area (Å²) in [6.07, 6.45) is 0.434. The second kappa shape index (κ2) is 6.74. The average Bonchev–Trinajstić information content (AvgIpc) is 2.28. The topological polar surface area (TPSA) is 43.1 Å². The van der Waals surface area contributed by atoms with Crippen molar-refractivity contribution in [2.75, 3.05) is 0 Å². The minimum absolute atomic E-state index is 0.221. The van der Waals surface area contributed by atoms with E-state index in [-0.39, 0.29) is 11.8 Å². The largest absolute Gasteiger partial charge is 0.370 e. The number of benzene rings is 1. The molecule has 0 aliphatic rings. The lowest BCUT2D eigenvalue weighted by Gasteiger charge is -2.32. The van der Waals surface area contributed by atoms with E-state index < -0.39 is 0 Å². The van der Waals surface area contributed by atoms with E-state index in [4.69, 9.17) is 5.73 Å². The van der Waals surface area contributed by atoms with Crippen LogP contribution in [0.3, 0.4) is 0 Å². The van der Waals surface area contributed by atoms with E-state index in [0.717, 1.165) is 0 Å². The highest BCUT2D eigenvalue weighted by Crippen LogP contribution is 2.38. The fraction of sp³-hybridized carbons (Fsp3) is 0.529. The third-order valence-corrected chi connectivity index (χ3v) is 3.82. The van der Waals surface area contributed by atoms with Gasteiger partial charge in [0.1, 0.15) is 0 Å². The Balaban J connectivity index is 2.92. The lowest BCUT2D eigenvalue weighted by Crippen LogP contribution is -2.26. The third-order valence-electron chi connectivity index (χ3n) is 3.82. The van der Waals surface area contributed by atoms with E-state index >= 15 is 0 Å². The van der Waals surface area contributed by atoms with Gasteiger partial charge in [0.2, 0.25) is 5.91 Å². The highest BCUT2D eigenvalue weighted by atomic mass is 16.1. The van der Waals surface area contributed by atoms with Crippen LogP contribution in [0.1, 0.15) is 51.2 Å². The van der Waals surface area contributed by atoms with Crippen LogP contribution in [0.2, 0.25) is 0 Å². The minimum Gasteiger partial charge on any atom is -0.370 e. The molecule has 0 aromatic heterocycles. The molecular weight excluding hydrogens is 234 g/mol. The molecule has 0 bridgehead atoms. The Morgan fingerprint density at radius 3 is 2.05 bits per heavy atom. The first kappa shape index (κ1) is 15.7. The fourth-order valence-electron chi connectivity index (χ4n) is 2.96. The van der Waals surface area contributed by atoms with Crippen LogP contribution in [-0.4, -0.2) is 5.91 Å². The van der Waals surface area contributed by atoms with Crippen molar-refractivity contribution in [1.29, 1.82) is 0 Å². The summed E-state index contributed by atoms with van der Waals surface area (Å²) in [5.41, 5.74) is 7.92. The molecule has 1 radical (unpaired) electrons. The Morgan fingerprint density at radius 2 is 1.63 bits per heavy atom. The summed E-state index contributed by atoms with van der Waals surface area (Å²) in [6, 6.07) is 8.64. The van der Waals surface area contributed by atoms with Crippen molar-refractivity contribution in [2.24, 2.45) is 17.6 Å². The molecule has 0 fully saturated rings. The van der Waals surface area contributed by atoms with Gasteiger partial charge in [-0.15, -0.1) is 0 Å². The van der Waals surface area contributed by atoms with Crippen molar-refractivity contribution in [3.8, 4) is 0 Å². The standard InChI is InChI=1S/C17H26NO/c1-11(2)17(13(4)10-16(18)19)14(5)15-8-6-12(3)7-9-15/h6-9,11,13-14H,10H2,1-5H3,(H2,18,19). The van der Waals surface area contributed by atoms with Crippen molar-refractivity contribution in [3.63, 3.8) is 0 Å². The molecule has 0 heterocycles. The number of hydrogen-bond acceptors (Lipinski definition) is 1. The van der Waals surface area contributed by atoms with Gasteiger partial charge in [-0.05, 0) is 36.2 Å². The van der Waals surface area contributed by atoms with Crippen LogP contribution in [-0.2, 0) is 4.79 Å². The molecule has 0 saturated heterocycles. The summed E-state index contributed by atoms with van der Waals surface area (Å²) in [5, 5.41) is 0. The van der Waals surface area contributed by atoms with Gasteiger partial charge in [-0.2, -0.15) is 0 Å². The highest BCUT2D eigenvalue weighted by molar-refractivity contribution is 5.74. The summed E-state index contributed by atoms with van der Waals surface area (Å²) in [7, 11) is 0. The SMILES string of the molecule is Cc1ccc(C(C)[C](C(C)C)C(C)CC(N)=O)cc1. The number of aryl methyl sites for hydroxylation is 1. The molecule has 2 nitrogen and oxygen atoms in total. The molecule has 1 amide bonds. The van der Waals surface area contributed by atoms with Gasteiger partial charge in [0.15, 0.2) is 0 Å². The summed E-state index contributed by atoms with van der Waals surface area (Å²) in [4.78, 5) is 11.1. The molecule has 0 spiro atoms. The maximum absolute atomic E-state index is 11.1. The van der Waals surface area contributed by atoms with Crippen LogP contribution >= 0.6 is 0 Å². The molecule has 2 atom stereocenters. The second-order valence-electron chi connectivity index (χ2n) is 5.86. The number of hydrogen-bond donors (Lipinski definition) is 1. The quantitative estimate of drug-likeness (QED) is 0.829. The maximum Gasteiger partial charge on any atom is 0.217 e. The van der Waals surface area contributed by atoms with Gasteiger partial charge < -0.3 is 5.73 Å². The van der Waals surface area contributed by atoms with E-state index in [0.29, 0.717) is 18.3 Å². The maximum atomic E-state index is 11.1. The van der Waals surface area contributed by atoms with Gasteiger partial charge in [-0.1, -0.05) is 57.5 Å². The first-order chi connectivity index (χ1) is 8.82. The molecule has 19 heavy (non-hydrogen) atoms. The smallest absolute Gasteiger partial charge is 0.217 e. The first-order valence-corrected chi connectivity index (χ1v) is 7.04. The molecule has 1 rings (SSSR count). The summed E-state index contributed by atoms with van der Waals surface area (Å²) < 4.78 is 0.